The van der Waals surface area contributed by atoms with Crippen molar-refractivity contribution in [2.75, 3.05) is 6.54 Å². The molecule has 0 bridgehead atoms. The summed E-state index contributed by atoms with van der Waals surface area (Å²) in [4.78, 5) is 24.4. The van der Waals surface area contributed by atoms with Gasteiger partial charge in [-0.05, 0) is 25.8 Å². The van der Waals surface area contributed by atoms with Crippen molar-refractivity contribution in [3.05, 3.63) is 18.5 Å². The molecule has 0 saturated carbocycles. The number of aromatic nitrogens is 2. The van der Waals surface area contributed by atoms with E-state index in [9.17, 15) is 9.59 Å². The second-order valence-electron chi connectivity index (χ2n) is 4.77. The number of aliphatic carboxylic acids is 1. The lowest BCUT2D eigenvalue weighted by molar-refractivity contribution is -0.141. The highest BCUT2D eigenvalue weighted by Gasteiger charge is 2.34. The van der Waals surface area contributed by atoms with Crippen LogP contribution in [0.2, 0.25) is 0 Å². The van der Waals surface area contributed by atoms with Crippen molar-refractivity contribution in [3.63, 3.8) is 0 Å². The lowest BCUT2D eigenvalue weighted by Gasteiger charge is -2.24. The second-order valence-corrected chi connectivity index (χ2v) is 4.77. The first-order chi connectivity index (χ1) is 9.08. The third-order valence-corrected chi connectivity index (χ3v) is 3.19. The Kier molecular flexibility index (Phi) is 4.03. The quantitative estimate of drug-likeness (QED) is 0.832. The van der Waals surface area contributed by atoms with Gasteiger partial charge in [0.05, 0.1) is 6.54 Å². The normalized spacial score (nSPS) is 20.3. The molecule has 7 heteroatoms. The van der Waals surface area contributed by atoms with Crippen LogP contribution in [0.1, 0.15) is 19.8 Å². The fraction of sp³-hybridized carbons (Fsp3) is 0.583. The van der Waals surface area contributed by atoms with Gasteiger partial charge in [0, 0.05) is 25.0 Å². The summed E-state index contributed by atoms with van der Waals surface area (Å²) in [6.45, 7) is 2.92. The van der Waals surface area contributed by atoms with Crippen molar-refractivity contribution in [1.29, 1.82) is 0 Å². The number of carbonyl (C=O) groups is 2. The van der Waals surface area contributed by atoms with Crippen molar-refractivity contribution < 1.29 is 14.7 Å². The highest BCUT2D eigenvalue weighted by atomic mass is 16.4. The summed E-state index contributed by atoms with van der Waals surface area (Å²) in [5.74, 6) is -0.938. The molecule has 2 atom stereocenters. The zero-order chi connectivity index (χ0) is 13.8. The molecule has 1 aliphatic heterocycles. The molecule has 104 valence electrons. The van der Waals surface area contributed by atoms with Gasteiger partial charge in [0.15, 0.2) is 0 Å². The van der Waals surface area contributed by atoms with E-state index in [4.69, 9.17) is 5.11 Å². The van der Waals surface area contributed by atoms with Gasteiger partial charge in [0.1, 0.15) is 6.04 Å². The standard InChI is InChI=1S/C12H18N4O3/c1-9(8-15-6-3-5-13-15)14-12(19)16-7-2-4-10(16)11(17)18/h3,5-6,9-10H,2,4,7-8H2,1H3,(H,14,19)(H,17,18)/t9?,10-/m1/s1. The predicted molar refractivity (Wildman–Crippen MR) is 67.6 cm³/mol. The van der Waals surface area contributed by atoms with E-state index in [1.54, 1.807) is 10.9 Å². The maximum atomic E-state index is 12.0. The van der Waals surface area contributed by atoms with Gasteiger partial charge in [0.2, 0.25) is 0 Å². The van der Waals surface area contributed by atoms with Crippen LogP contribution in [0.3, 0.4) is 0 Å². The zero-order valence-electron chi connectivity index (χ0n) is 10.8. The molecule has 1 unspecified atom stereocenters. The topological polar surface area (TPSA) is 87.5 Å². The van der Waals surface area contributed by atoms with Crippen LogP contribution in [-0.4, -0.2) is 50.4 Å². The molecule has 1 aromatic heterocycles. The maximum absolute atomic E-state index is 12.0. The van der Waals surface area contributed by atoms with E-state index < -0.39 is 12.0 Å². The van der Waals surface area contributed by atoms with Gasteiger partial charge in [0.25, 0.3) is 0 Å². The molecule has 1 aromatic rings. The lowest BCUT2D eigenvalue weighted by Crippen LogP contribution is -2.49. The summed E-state index contributed by atoms with van der Waals surface area (Å²) in [6.07, 6.45) is 4.75. The number of carboxylic acids is 1. The Morgan fingerprint density at radius 1 is 1.58 bits per heavy atom. The molecule has 0 aromatic carbocycles. The number of nitrogens with zero attached hydrogens (tertiary/aromatic N) is 3. The summed E-state index contributed by atoms with van der Waals surface area (Å²) in [5.41, 5.74) is 0. The van der Waals surface area contributed by atoms with Gasteiger partial charge in [-0.1, -0.05) is 0 Å². The summed E-state index contributed by atoms with van der Waals surface area (Å²) in [7, 11) is 0. The third kappa shape index (κ3) is 3.24. The summed E-state index contributed by atoms with van der Waals surface area (Å²) < 4.78 is 1.73. The molecule has 7 nitrogen and oxygen atoms in total. The minimum atomic E-state index is -0.938. The van der Waals surface area contributed by atoms with E-state index >= 15 is 0 Å². The second kappa shape index (κ2) is 5.73. The Morgan fingerprint density at radius 2 is 2.37 bits per heavy atom. The Balaban J connectivity index is 1.88. The molecular formula is C12H18N4O3. The highest BCUT2D eigenvalue weighted by molar-refractivity contribution is 5.83. The number of nitrogens with one attached hydrogen (secondary N) is 1. The van der Waals surface area contributed by atoms with Gasteiger partial charge in [-0.25, -0.2) is 9.59 Å². The van der Waals surface area contributed by atoms with Crippen LogP contribution in [0.15, 0.2) is 18.5 Å². The minimum absolute atomic E-state index is 0.109. The number of amides is 2. The van der Waals surface area contributed by atoms with Gasteiger partial charge < -0.3 is 15.3 Å². The Bertz CT molecular complexity index is 446. The SMILES string of the molecule is CC(Cn1cccn1)NC(=O)N1CCC[C@@H]1C(=O)O. The number of carboxylic acid groups (broad SMARTS) is 1. The number of hydrogen-bond donors (Lipinski definition) is 2. The van der Waals surface area contributed by atoms with Crippen LogP contribution in [0, 0.1) is 0 Å². The van der Waals surface area contributed by atoms with Gasteiger partial charge in [-0.3, -0.25) is 4.68 Å². The maximum Gasteiger partial charge on any atom is 0.326 e. The van der Waals surface area contributed by atoms with Gasteiger partial charge in [-0.2, -0.15) is 5.10 Å². The number of hydrogen-bond acceptors (Lipinski definition) is 3. The molecule has 2 N–H and O–H groups in total. The monoisotopic (exact) mass is 266 g/mol. The summed E-state index contributed by atoms with van der Waals surface area (Å²) in [5, 5.41) is 15.9. The average Bonchev–Trinajstić information content (AvgIpc) is 2.97. The molecule has 0 spiro atoms. The third-order valence-electron chi connectivity index (χ3n) is 3.19. The molecule has 2 heterocycles. The average molecular weight is 266 g/mol. The number of urea groups is 1. The van der Waals surface area contributed by atoms with Crippen molar-refractivity contribution in [1.82, 2.24) is 20.0 Å². The van der Waals surface area contributed by atoms with E-state index in [0.29, 0.717) is 19.5 Å². The van der Waals surface area contributed by atoms with Crippen molar-refractivity contribution >= 4 is 12.0 Å². The van der Waals surface area contributed by atoms with Gasteiger partial charge in [-0.15, -0.1) is 0 Å². The van der Waals surface area contributed by atoms with Crippen LogP contribution in [0.4, 0.5) is 4.79 Å². The number of carbonyl (C=O) groups excluding carboxylic acids is 1. The van der Waals surface area contributed by atoms with Crippen LogP contribution in [0.25, 0.3) is 0 Å². The van der Waals surface area contributed by atoms with Crippen molar-refractivity contribution in [2.24, 2.45) is 0 Å². The predicted octanol–water partition coefficient (Wildman–Crippen LogP) is 0.530. The zero-order valence-corrected chi connectivity index (χ0v) is 10.8. The van der Waals surface area contributed by atoms with Crippen LogP contribution < -0.4 is 5.32 Å². The van der Waals surface area contributed by atoms with Crippen molar-refractivity contribution in [2.45, 2.75) is 38.4 Å². The first-order valence-corrected chi connectivity index (χ1v) is 6.35. The molecule has 19 heavy (non-hydrogen) atoms. The molecular weight excluding hydrogens is 248 g/mol. The summed E-state index contributed by atoms with van der Waals surface area (Å²) in [6, 6.07) is 0.694. The molecule has 2 rings (SSSR count). The molecule has 2 amide bonds. The Morgan fingerprint density at radius 3 is 3.00 bits per heavy atom. The van der Waals surface area contributed by atoms with E-state index in [1.807, 2.05) is 19.2 Å². The lowest BCUT2D eigenvalue weighted by atomic mass is 10.2. The van der Waals surface area contributed by atoms with E-state index in [0.717, 1.165) is 6.42 Å². The summed E-state index contributed by atoms with van der Waals surface area (Å²) >= 11 is 0. The van der Waals surface area contributed by atoms with Gasteiger partial charge >= 0.3 is 12.0 Å². The smallest absolute Gasteiger partial charge is 0.326 e. The molecule has 0 radical (unpaired) electrons. The van der Waals surface area contributed by atoms with E-state index in [1.165, 1.54) is 4.90 Å². The first kappa shape index (κ1) is 13.4. The molecule has 1 fully saturated rings. The number of rotatable bonds is 4. The largest absolute Gasteiger partial charge is 0.480 e. The van der Waals surface area contributed by atoms with E-state index in [2.05, 4.69) is 10.4 Å². The molecule has 1 aliphatic rings. The van der Waals surface area contributed by atoms with Crippen molar-refractivity contribution in [3.8, 4) is 0 Å². The van der Waals surface area contributed by atoms with E-state index in [-0.39, 0.29) is 12.1 Å². The molecule has 0 aliphatic carbocycles. The highest BCUT2D eigenvalue weighted by Crippen LogP contribution is 2.17. The Hall–Kier alpha value is -2.05. The Labute approximate surface area is 111 Å². The fourth-order valence-electron chi connectivity index (χ4n) is 2.29. The van der Waals surface area contributed by atoms with Crippen LogP contribution in [0.5, 0.6) is 0 Å². The minimum Gasteiger partial charge on any atom is -0.480 e. The van der Waals surface area contributed by atoms with Crippen LogP contribution >= 0.6 is 0 Å². The molecule has 1 saturated heterocycles. The number of likely N-dealkylation sites (tertiary alicyclic amines) is 1. The van der Waals surface area contributed by atoms with Crippen LogP contribution in [-0.2, 0) is 11.3 Å². The first-order valence-electron chi connectivity index (χ1n) is 6.35. The fourth-order valence-corrected chi connectivity index (χ4v) is 2.29.